The second-order valence-electron chi connectivity index (χ2n) is 7.64. The van der Waals surface area contributed by atoms with Gasteiger partial charge in [0.25, 0.3) is 5.91 Å². The van der Waals surface area contributed by atoms with Crippen molar-refractivity contribution in [3.8, 4) is 5.75 Å². The molecule has 6 nitrogen and oxygen atoms in total. The molecule has 0 bridgehead atoms. The Bertz CT molecular complexity index is 976. The first kappa shape index (κ1) is 21.9. The maximum Gasteiger partial charge on any atom is 0.255 e. The zero-order valence-corrected chi connectivity index (χ0v) is 18.0. The summed E-state index contributed by atoms with van der Waals surface area (Å²) in [6, 6.07) is 10.2. The molecule has 0 aliphatic heterocycles. The summed E-state index contributed by atoms with van der Waals surface area (Å²) in [5, 5.41) is 2.92. The number of para-hydroxylation sites is 1. The number of sulfonamides is 1. The van der Waals surface area contributed by atoms with Crippen LogP contribution in [-0.2, 0) is 16.4 Å². The molecule has 2 aromatic carbocycles. The van der Waals surface area contributed by atoms with Crippen molar-refractivity contribution in [3.63, 3.8) is 0 Å². The maximum atomic E-state index is 12.8. The molecule has 7 heteroatoms. The van der Waals surface area contributed by atoms with Gasteiger partial charge in [0.15, 0.2) is 0 Å². The first-order valence-electron chi connectivity index (χ1n) is 9.10. The van der Waals surface area contributed by atoms with Gasteiger partial charge in [-0.3, -0.25) is 4.79 Å². The number of carbonyl (C=O) groups is 1. The molecule has 0 saturated heterocycles. The maximum absolute atomic E-state index is 12.8. The highest BCUT2D eigenvalue weighted by Crippen LogP contribution is 2.27. The van der Waals surface area contributed by atoms with Crippen molar-refractivity contribution in [2.24, 2.45) is 0 Å². The molecule has 1 amide bonds. The summed E-state index contributed by atoms with van der Waals surface area (Å²) < 4.78 is 33.4. The van der Waals surface area contributed by atoms with Crippen LogP contribution >= 0.6 is 0 Å². The second-order valence-corrected chi connectivity index (χ2v) is 9.29. The zero-order chi connectivity index (χ0) is 21.1. The number of rotatable bonds is 6. The molecule has 0 aromatic heterocycles. The Kier molecular flexibility index (Phi) is 6.52. The Hall–Kier alpha value is -2.38. The minimum absolute atomic E-state index is 0.0712. The standard InChI is InChI=1S/C21H28N2O4S/c1-7-15-10-8-9-14(2)19(15)22-20(24)16-11-12-17(27-6)18(13-16)28(25,26)23-21(3,4)5/h8-13,23H,7H2,1-6H3,(H,22,24). The second kappa shape index (κ2) is 8.32. The summed E-state index contributed by atoms with van der Waals surface area (Å²) in [5.74, 6) is -0.197. The van der Waals surface area contributed by atoms with Crippen molar-refractivity contribution in [1.29, 1.82) is 0 Å². The number of hydrogen-bond donors (Lipinski definition) is 2. The van der Waals surface area contributed by atoms with E-state index in [1.807, 2.05) is 32.0 Å². The van der Waals surface area contributed by atoms with E-state index in [-0.39, 0.29) is 22.1 Å². The van der Waals surface area contributed by atoms with Gasteiger partial charge in [-0.25, -0.2) is 13.1 Å². The van der Waals surface area contributed by atoms with E-state index in [9.17, 15) is 13.2 Å². The average molecular weight is 405 g/mol. The van der Waals surface area contributed by atoms with Crippen LogP contribution in [0.4, 0.5) is 5.69 Å². The molecule has 0 unspecified atom stereocenters. The molecule has 0 spiro atoms. The monoisotopic (exact) mass is 404 g/mol. The number of carbonyl (C=O) groups excluding carboxylic acids is 1. The van der Waals surface area contributed by atoms with Crippen LogP contribution in [0.25, 0.3) is 0 Å². The summed E-state index contributed by atoms with van der Waals surface area (Å²) in [4.78, 5) is 12.8. The third-order valence-electron chi connectivity index (χ3n) is 4.13. The van der Waals surface area contributed by atoms with Gasteiger partial charge in [-0.1, -0.05) is 25.1 Å². The van der Waals surface area contributed by atoms with Gasteiger partial charge in [0, 0.05) is 16.8 Å². The molecule has 2 aromatic rings. The van der Waals surface area contributed by atoms with Gasteiger partial charge < -0.3 is 10.1 Å². The van der Waals surface area contributed by atoms with Gasteiger partial charge in [0.1, 0.15) is 10.6 Å². The van der Waals surface area contributed by atoms with Gasteiger partial charge >= 0.3 is 0 Å². The molecule has 0 aliphatic carbocycles. The van der Waals surface area contributed by atoms with Crippen LogP contribution in [-0.4, -0.2) is 27.0 Å². The number of aryl methyl sites for hydroxylation is 2. The third-order valence-corrected chi connectivity index (χ3v) is 5.91. The molecule has 0 saturated carbocycles. The number of benzene rings is 2. The van der Waals surface area contributed by atoms with Gasteiger partial charge in [-0.15, -0.1) is 0 Å². The fraction of sp³-hybridized carbons (Fsp3) is 0.381. The summed E-state index contributed by atoms with van der Waals surface area (Å²) in [6.07, 6.45) is 0.773. The predicted molar refractivity (Wildman–Crippen MR) is 112 cm³/mol. The first-order chi connectivity index (χ1) is 13.0. The molecule has 0 aliphatic rings. The van der Waals surface area contributed by atoms with Gasteiger partial charge in [-0.05, 0) is 63.4 Å². The Balaban J connectivity index is 2.44. The van der Waals surface area contributed by atoms with Crippen LogP contribution in [0.1, 0.15) is 49.2 Å². The highest BCUT2D eigenvalue weighted by molar-refractivity contribution is 7.89. The lowest BCUT2D eigenvalue weighted by Gasteiger charge is -2.21. The number of ether oxygens (including phenoxy) is 1. The summed E-state index contributed by atoms with van der Waals surface area (Å²) in [6.45, 7) is 9.18. The van der Waals surface area contributed by atoms with Crippen LogP contribution < -0.4 is 14.8 Å². The molecule has 152 valence electrons. The molecule has 0 fully saturated rings. The van der Waals surface area contributed by atoms with E-state index in [1.54, 1.807) is 26.8 Å². The van der Waals surface area contributed by atoms with Crippen LogP contribution in [0.2, 0.25) is 0 Å². The predicted octanol–water partition coefficient (Wildman–Crippen LogP) is 3.90. The fourth-order valence-corrected chi connectivity index (χ4v) is 4.49. The number of anilines is 1. The summed E-state index contributed by atoms with van der Waals surface area (Å²) in [7, 11) is -2.47. The molecule has 0 atom stereocenters. The largest absolute Gasteiger partial charge is 0.495 e. The molecular formula is C21H28N2O4S. The smallest absolute Gasteiger partial charge is 0.255 e. The Morgan fingerprint density at radius 1 is 1.14 bits per heavy atom. The number of amides is 1. The minimum atomic E-state index is -3.87. The van der Waals surface area contributed by atoms with Crippen LogP contribution in [0, 0.1) is 6.92 Å². The van der Waals surface area contributed by atoms with Gasteiger partial charge in [0.05, 0.1) is 7.11 Å². The van der Waals surface area contributed by atoms with E-state index < -0.39 is 15.6 Å². The molecule has 28 heavy (non-hydrogen) atoms. The van der Waals surface area contributed by atoms with Crippen molar-refractivity contribution in [2.75, 3.05) is 12.4 Å². The molecule has 0 radical (unpaired) electrons. The third kappa shape index (κ3) is 5.11. The molecule has 2 rings (SSSR count). The highest BCUT2D eigenvalue weighted by Gasteiger charge is 2.26. The highest BCUT2D eigenvalue weighted by atomic mass is 32.2. The van der Waals surface area contributed by atoms with Crippen molar-refractivity contribution < 1.29 is 17.9 Å². The van der Waals surface area contributed by atoms with Crippen molar-refractivity contribution in [3.05, 3.63) is 53.1 Å². The van der Waals surface area contributed by atoms with Crippen molar-refractivity contribution in [2.45, 2.75) is 51.5 Å². The van der Waals surface area contributed by atoms with E-state index in [4.69, 9.17) is 4.74 Å². The quantitative estimate of drug-likeness (QED) is 0.765. The number of methoxy groups -OCH3 is 1. The number of hydrogen-bond acceptors (Lipinski definition) is 4. The summed E-state index contributed by atoms with van der Waals surface area (Å²) >= 11 is 0. The van der Waals surface area contributed by atoms with E-state index in [0.29, 0.717) is 0 Å². The lowest BCUT2D eigenvalue weighted by Crippen LogP contribution is -2.40. The molecule has 0 heterocycles. The normalized spacial score (nSPS) is 11.9. The molecule has 2 N–H and O–H groups in total. The van der Waals surface area contributed by atoms with E-state index >= 15 is 0 Å². The minimum Gasteiger partial charge on any atom is -0.495 e. The Labute approximate surface area is 167 Å². The van der Waals surface area contributed by atoms with Crippen LogP contribution in [0.3, 0.4) is 0 Å². The van der Waals surface area contributed by atoms with E-state index in [1.165, 1.54) is 19.2 Å². The zero-order valence-electron chi connectivity index (χ0n) is 17.2. The first-order valence-corrected chi connectivity index (χ1v) is 10.6. The van der Waals surface area contributed by atoms with Crippen LogP contribution in [0.15, 0.2) is 41.3 Å². The lowest BCUT2D eigenvalue weighted by atomic mass is 10.1. The number of nitrogens with one attached hydrogen (secondary N) is 2. The molecular weight excluding hydrogens is 376 g/mol. The van der Waals surface area contributed by atoms with Crippen molar-refractivity contribution >= 4 is 21.6 Å². The van der Waals surface area contributed by atoms with Gasteiger partial charge in [-0.2, -0.15) is 0 Å². The Morgan fingerprint density at radius 3 is 2.39 bits per heavy atom. The fourth-order valence-electron chi connectivity index (χ4n) is 2.87. The summed E-state index contributed by atoms with van der Waals surface area (Å²) in [5.41, 5.74) is 2.29. The van der Waals surface area contributed by atoms with Crippen LogP contribution in [0.5, 0.6) is 5.75 Å². The topological polar surface area (TPSA) is 84.5 Å². The van der Waals surface area contributed by atoms with E-state index in [0.717, 1.165) is 23.2 Å². The van der Waals surface area contributed by atoms with Crippen molar-refractivity contribution in [1.82, 2.24) is 4.72 Å². The van der Waals surface area contributed by atoms with E-state index in [2.05, 4.69) is 10.0 Å². The average Bonchev–Trinajstić information content (AvgIpc) is 2.60. The SMILES string of the molecule is CCc1cccc(C)c1NC(=O)c1ccc(OC)c(S(=O)(=O)NC(C)(C)C)c1. The Morgan fingerprint density at radius 2 is 1.82 bits per heavy atom. The lowest BCUT2D eigenvalue weighted by molar-refractivity contribution is 0.102. The van der Waals surface area contributed by atoms with Gasteiger partial charge in [0.2, 0.25) is 10.0 Å².